The molecule has 1 aromatic carbocycles. The lowest BCUT2D eigenvalue weighted by molar-refractivity contribution is 0.458. The molecule has 0 spiro atoms. The lowest BCUT2D eigenvalue weighted by Crippen LogP contribution is -1.94. The summed E-state index contributed by atoms with van der Waals surface area (Å²) in [6.45, 7) is 1.74. The van der Waals surface area contributed by atoms with Crippen LogP contribution in [-0.2, 0) is 0 Å². The van der Waals surface area contributed by atoms with Gasteiger partial charge in [-0.15, -0.1) is 0 Å². The molecule has 2 rings (SSSR count). The fraction of sp³-hybridized carbons (Fsp3) is 0.0833. The number of aryl methyl sites for hydroxylation is 1. The SMILES string of the molecule is Cc1cc(F)ccc1Oc1ncc(N)cc1Cl. The molecule has 0 amide bonds. The van der Waals surface area contributed by atoms with E-state index < -0.39 is 0 Å². The van der Waals surface area contributed by atoms with E-state index in [0.717, 1.165) is 0 Å². The van der Waals surface area contributed by atoms with E-state index in [-0.39, 0.29) is 11.7 Å². The van der Waals surface area contributed by atoms with Crippen LogP contribution in [0.15, 0.2) is 30.5 Å². The molecule has 2 N–H and O–H groups in total. The first-order valence-corrected chi connectivity index (χ1v) is 5.29. The third-order valence-electron chi connectivity index (χ3n) is 2.17. The highest BCUT2D eigenvalue weighted by molar-refractivity contribution is 6.32. The maximum absolute atomic E-state index is 12.9. The summed E-state index contributed by atoms with van der Waals surface area (Å²) >= 11 is 5.92. The van der Waals surface area contributed by atoms with Crippen molar-refractivity contribution < 1.29 is 9.13 Å². The molecule has 17 heavy (non-hydrogen) atoms. The van der Waals surface area contributed by atoms with Gasteiger partial charge in [-0.2, -0.15) is 0 Å². The molecule has 0 aliphatic heterocycles. The summed E-state index contributed by atoms with van der Waals surface area (Å²) in [6, 6.07) is 5.76. The Morgan fingerprint density at radius 3 is 2.76 bits per heavy atom. The molecule has 0 atom stereocenters. The third-order valence-corrected chi connectivity index (χ3v) is 2.44. The monoisotopic (exact) mass is 252 g/mol. The zero-order chi connectivity index (χ0) is 12.4. The van der Waals surface area contributed by atoms with Gasteiger partial charge in [0.1, 0.15) is 16.6 Å². The number of hydrogen-bond acceptors (Lipinski definition) is 3. The summed E-state index contributed by atoms with van der Waals surface area (Å²) in [6.07, 6.45) is 1.44. The Kier molecular flexibility index (Phi) is 3.15. The fourth-order valence-electron chi connectivity index (χ4n) is 1.35. The molecule has 0 aliphatic rings. The van der Waals surface area contributed by atoms with E-state index in [9.17, 15) is 4.39 Å². The van der Waals surface area contributed by atoms with Crippen molar-refractivity contribution in [2.45, 2.75) is 6.92 Å². The van der Waals surface area contributed by atoms with Crippen LogP contribution in [0.3, 0.4) is 0 Å². The molecule has 0 fully saturated rings. The van der Waals surface area contributed by atoms with Gasteiger partial charge in [-0.05, 0) is 36.8 Å². The molecular formula is C12H10ClFN2O. The normalized spacial score (nSPS) is 10.3. The van der Waals surface area contributed by atoms with E-state index in [1.54, 1.807) is 13.0 Å². The topological polar surface area (TPSA) is 48.1 Å². The van der Waals surface area contributed by atoms with Crippen molar-refractivity contribution in [2.24, 2.45) is 0 Å². The van der Waals surface area contributed by atoms with Crippen molar-refractivity contribution in [3.8, 4) is 11.6 Å². The van der Waals surface area contributed by atoms with Crippen LogP contribution in [0, 0.1) is 12.7 Å². The quantitative estimate of drug-likeness (QED) is 0.889. The number of rotatable bonds is 2. The number of pyridine rings is 1. The number of hydrogen-bond donors (Lipinski definition) is 1. The van der Waals surface area contributed by atoms with Crippen molar-refractivity contribution in [1.82, 2.24) is 4.98 Å². The predicted molar refractivity (Wildman–Crippen MR) is 64.9 cm³/mol. The predicted octanol–water partition coefficient (Wildman–Crippen LogP) is 3.56. The van der Waals surface area contributed by atoms with Gasteiger partial charge in [0.15, 0.2) is 0 Å². The molecule has 0 radical (unpaired) electrons. The standard InChI is InChI=1S/C12H10ClFN2O/c1-7-4-8(14)2-3-11(7)17-12-10(13)5-9(15)6-16-12/h2-6H,15H2,1H3. The lowest BCUT2D eigenvalue weighted by atomic mass is 10.2. The molecule has 0 unspecified atom stereocenters. The number of aromatic nitrogens is 1. The van der Waals surface area contributed by atoms with Crippen molar-refractivity contribution in [3.63, 3.8) is 0 Å². The Morgan fingerprint density at radius 1 is 1.35 bits per heavy atom. The second-order valence-corrected chi connectivity index (χ2v) is 3.97. The second-order valence-electron chi connectivity index (χ2n) is 3.57. The largest absolute Gasteiger partial charge is 0.437 e. The van der Waals surface area contributed by atoms with Gasteiger partial charge >= 0.3 is 0 Å². The van der Waals surface area contributed by atoms with E-state index in [1.165, 1.54) is 24.4 Å². The molecule has 0 saturated carbocycles. The van der Waals surface area contributed by atoms with Gasteiger partial charge < -0.3 is 10.5 Å². The van der Waals surface area contributed by atoms with Gasteiger partial charge in [0.2, 0.25) is 5.88 Å². The van der Waals surface area contributed by atoms with Crippen LogP contribution in [0.2, 0.25) is 5.02 Å². The smallest absolute Gasteiger partial charge is 0.238 e. The van der Waals surface area contributed by atoms with Gasteiger partial charge in [0.25, 0.3) is 0 Å². The highest BCUT2D eigenvalue weighted by Crippen LogP contribution is 2.30. The van der Waals surface area contributed by atoms with Gasteiger partial charge in [-0.1, -0.05) is 11.6 Å². The van der Waals surface area contributed by atoms with Crippen LogP contribution in [0.25, 0.3) is 0 Å². The van der Waals surface area contributed by atoms with E-state index in [0.29, 0.717) is 22.0 Å². The summed E-state index contributed by atoms with van der Waals surface area (Å²) in [4.78, 5) is 3.96. The summed E-state index contributed by atoms with van der Waals surface area (Å²) in [5, 5.41) is 0.314. The molecule has 1 heterocycles. The highest BCUT2D eigenvalue weighted by Gasteiger charge is 2.07. The molecule has 0 bridgehead atoms. The Morgan fingerprint density at radius 2 is 2.12 bits per heavy atom. The van der Waals surface area contributed by atoms with Crippen LogP contribution in [0.4, 0.5) is 10.1 Å². The third kappa shape index (κ3) is 2.65. The number of benzene rings is 1. The zero-order valence-corrected chi connectivity index (χ0v) is 9.83. The minimum atomic E-state index is -0.314. The van der Waals surface area contributed by atoms with Crippen LogP contribution in [-0.4, -0.2) is 4.98 Å². The van der Waals surface area contributed by atoms with Crippen LogP contribution >= 0.6 is 11.6 Å². The number of halogens is 2. The molecule has 1 aromatic heterocycles. The average Bonchev–Trinajstić information content (AvgIpc) is 2.25. The molecule has 0 saturated heterocycles. The molecule has 5 heteroatoms. The molecule has 0 aliphatic carbocycles. The first-order chi connectivity index (χ1) is 8.06. The van der Waals surface area contributed by atoms with Crippen molar-refractivity contribution >= 4 is 17.3 Å². The Bertz CT molecular complexity index is 511. The minimum Gasteiger partial charge on any atom is -0.437 e. The van der Waals surface area contributed by atoms with Gasteiger partial charge in [0, 0.05) is 0 Å². The van der Waals surface area contributed by atoms with Crippen LogP contribution < -0.4 is 10.5 Å². The van der Waals surface area contributed by atoms with E-state index >= 15 is 0 Å². The number of ether oxygens (including phenoxy) is 1. The average molecular weight is 253 g/mol. The zero-order valence-electron chi connectivity index (χ0n) is 9.08. The van der Waals surface area contributed by atoms with Gasteiger partial charge in [-0.25, -0.2) is 9.37 Å². The van der Waals surface area contributed by atoms with Crippen LogP contribution in [0.5, 0.6) is 11.6 Å². The first-order valence-electron chi connectivity index (χ1n) is 4.91. The first kappa shape index (κ1) is 11.7. The van der Waals surface area contributed by atoms with Crippen molar-refractivity contribution in [1.29, 1.82) is 0 Å². The van der Waals surface area contributed by atoms with Gasteiger partial charge in [-0.3, -0.25) is 0 Å². The number of nitrogen functional groups attached to an aromatic ring is 1. The minimum absolute atomic E-state index is 0.246. The molecule has 88 valence electrons. The van der Waals surface area contributed by atoms with Gasteiger partial charge in [0.05, 0.1) is 11.9 Å². The Balaban J connectivity index is 2.31. The summed E-state index contributed by atoms with van der Waals surface area (Å²) in [5.74, 6) is 0.437. The fourth-order valence-corrected chi connectivity index (χ4v) is 1.56. The number of nitrogens with two attached hydrogens (primary N) is 1. The van der Waals surface area contributed by atoms with E-state index in [4.69, 9.17) is 22.1 Å². The molecule has 2 aromatic rings. The van der Waals surface area contributed by atoms with Crippen LogP contribution in [0.1, 0.15) is 5.56 Å². The van der Waals surface area contributed by atoms with E-state index in [1.807, 2.05) is 0 Å². The number of nitrogens with zero attached hydrogens (tertiary/aromatic N) is 1. The highest BCUT2D eigenvalue weighted by atomic mass is 35.5. The Labute approximate surface area is 103 Å². The summed E-state index contributed by atoms with van der Waals surface area (Å²) in [7, 11) is 0. The summed E-state index contributed by atoms with van der Waals surface area (Å²) in [5.41, 5.74) is 6.64. The Hall–Kier alpha value is -1.81. The van der Waals surface area contributed by atoms with Crippen molar-refractivity contribution in [2.75, 3.05) is 5.73 Å². The molecular weight excluding hydrogens is 243 g/mol. The second kappa shape index (κ2) is 4.59. The number of anilines is 1. The maximum Gasteiger partial charge on any atom is 0.238 e. The molecule has 3 nitrogen and oxygen atoms in total. The van der Waals surface area contributed by atoms with E-state index in [2.05, 4.69) is 4.98 Å². The summed E-state index contributed by atoms with van der Waals surface area (Å²) < 4.78 is 18.4. The van der Waals surface area contributed by atoms with Crippen molar-refractivity contribution in [3.05, 3.63) is 46.9 Å². The lowest BCUT2D eigenvalue weighted by Gasteiger charge is -2.09. The maximum atomic E-state index is 12.9.